The van der Waals surface area contributed by atoms with Crippen molar-refractivity contribution in [3.05, 3.63) is 121 Å². The molecule has 232 valence electrons. The van der Waals surface area contributed by atoms with E-state index in [0.29, 0.717) is 26.2 Å². The van der Waals surface area contributed by atoms with Crippen molar-refractivity contribution in [2.45, 2.75) is 25.0 Å². The SMILES string of the molecule is O=C(CC(OC(CC(=O)N1CCN(c2ccccn2)CC1)c1ccccc1)c1ccccc1)N1CCN(c2ccccn2)CC1. The molecule has 45 heavy (non-hydrogen) atoms. The van der Waals surface area contributed by atoms with E-state index in [-0.39, 0.29) is 24.7 Å². The molecule has 6 rings (SSSR count). The molecule has 2 amide bonds. The van der Waals surface area contributed by atoms with Crippen LogP contribution in [0.15, 0.2) is 109 Å². The number of carbonyl (C=O) groups excluding carboxylic acids is 2. The Labute approximate surface area is 265 Å². The molecular formula is C36H40N6O3. The summed E-state index contributed by atoms with van der Waals surface area (Å²) in [7, 11) is 0. The second-order valence-corrected chi connectivity index (χ2v) is 11.5. The van der Waals surface area contributed by atoms with E-state index in [9.17, 15) is 9.59 Å². The average molecular weight is 605 g/mol. The molecule has 0 bridgehead atoms. The Kier molecular flexibility index (Phi) is 9.97. The number of nitrogens with zero attached hydrogens (tertiary/aromatic N) is 6. The predicted molar refractivity (Wildman–Crippen MR) is 175 cm³/mol. The lowest BCUT2D eigenvalue weighted by atomic mass is 10.0. The lowest BCUT2D eigenvalue weighted by Crippen LogP contribution is -2.49. The van der Waals surface area contributed by atoms with Crippen molar-refractivity contribution in [1.82, 2.24) is 19.8 Å². The number of pyridine rings is 2. The second-order valence-electron chi connectivity index (χ2n) is 11.5. The quantitative estimate of drug-likeness (QED) is 0.258. The van der Waals surface area contributed by atoms with E-state index < -0.39 is 12.2 Å². The first-order valence-electron chi connectivity index (χ1n) is 15.8. The van der Waals surface area contributed by atoms with Gasteiger partial charge < -0.3 is 24.3 Å². The zero-order chi connectivity index (χ0) is 30.8. The molecule has 0 aliphatic carbocycles. The maximum Gasteiger partial charge on any atom is 0.225 e. The van der Waals surface area contributed by atoms with Crippen molar-refractivity contribution in [3.63, 3.8) is 0 Å². The van der Waals surface area contributed by atoms with Crippen LogP contribution in [0.2, 0.25) is 0 Å². The molecule has 2 aliphatic heterocycles. The molecular weight excluding hydrogens is 564 g/mol. The molecule has 2 aliphatic rings. The summed E-state index contributed by atoms with van der Waals surface area (Å²) in [5, 5.41) is 0. The van der Waals surface area contributed by atoms with Crippen LogP contribution >= 0.6 is 0 Å². The topological polar surface area (TPSA) is 82.1 Å². The Morgan fingerprint density at radius 3 is 1.27 bits per heavy atom. The van der Waals surface area contributed by atoms with E-state index in [2.05, 4.69) is 19.8 Å². The van der Waals surface area contributed by atoms with E-state index in [1.807, 2.05) is 107 Å². The van der Waals surface area contributed by atoms with E-state index in [1.54, 1.807) is 12.4 Å². The summed E-state index contributed by atoms with van der Waals surface area (Å²) in [6, 6.07) is 31.6. The Hall–Kier alpha value is -4.76. The summed E-state index contributed by atoms with van der Waals surface area (Å²) < 4.78 is 6.79. The molecule has 2 unspecified atom stereocenters. The van der Waals surface area contributed by atoms with Gasteiger partial charge in [-0.2, -0.15) is 0 Å². The van der Waals surface area contributed by atoms with Crippen LogP contribution in [-0.4, -0.2) is 83.9 Å². The van der Waals surface area contributed by atoms with Crippen molar-refractivity contribution in [2.24, 2.45) is 0 Å². The summed E-state index contributed by atoms with van der Waals surface area (Å²) in [5.74, 6) is 1.97. The highest BCUT2D eigenvalue weighted by atomic mass is 16.5. The molecule has 9 nitrogen and oxygen atoms in total. The van der Waals surface area contributed by atoms with Gasteiger partial charge in [-0.05, 0) is 35.4 Å². The number of amides is 2. The smallest absolute Gasteiger partial charge is 0.225 e. The first-order valence-corrected chi connectivity index (χ1v) is 15.8. The van der Waals surface area contributed by atoms with Gasteiger partial charge in [0.05, 0.1) is 25.0 Å². The molecule has 2 aromatic carbocycles. The Morgan fingerprint density at radius 2 is 0.911 bits per heavy atom. The van der Waals surface area contributed by atoms with Crippen molar-refractivity contribution in [1.29, 1.82) is 0 Å². The number of anilines is 2. The van der Waals surface area contributed by atoms with Crippen LogP contribution in [-0.2, 0) is 14.3 Å². The summed E-state index contributed by atoms with van der Waals surface area (Å²) >= 11 is 0. The molecule has 0 N–H and O–H groups in total. The molecule has 2 aromatic heterocycles. The summed E-state index contributed by atoms with van der Waals surface area (Å²) in [5.41, 5.74) is 1.85. The lowest BCUT2D eigenvalue weighted by Gasteiger charge is -2.37. The third-order valence-electron chi connectivity index (χ3n) is 8.60. The number of rotatable bonds is 10. The molecule has 4 heterocycles. The van der Waals surface area contributed by atoms with Gasteiger partial charge in [0.25, 0.3) is 0 Å². The van der Waals surface area contributed by atoms with E-state index >= 15 is 0 Å². The minimum Gasteiger partial charge on any atom is -0.365 e. The Bertz CT molecular complexity index is 1380. The fourth-order valence-corrected chi connectivity index (χ4v) is 6.05. The van der Waals surface area contributed by atoms with Crippen molar-refractivity contribution >= 4 is 23.5 Å². The standard InChI is InChI=1S/C36H40N6O3/c43-35(41-23-19-39(20-24-41)33-15-7-9-17-37-33)27-31(29-11-3-1-4-12-29)45-32(30-13-5-2-6-14-30)28-36(44)42-25-21-40(22-26-42)34-16-8-10-18-38-34/h1-18,31-32H,19-28H2. The van der Waals surface area contributed by atoms with Gasteiger partial charge in [0, 0.05) is 64.8 Å². The minimum absolute atomic E-state index is 0.0494. The van der Waals surface area contributed by atoms with Crippen LogP contribution in [0.1, 0.15) is 36.2 Å². The van der Waals surface area contributed by atoms with E-state index in [1.165, 1.54) is 0 Å². The maximum atomic E-state index is 13.7. The Balaban J connectivity index is 1.13. The number of hydrogen-bond acceptors (Lipinski definition) is 7. The highest BCUT2D eigenvalue weighted by molar-refractivity contribution is 5.78. The van der Waals surface area contributed by atoms with Gasteiger partial charge in [-0.25, -0.2) is 9.97 Å². The van der Waals surface area contributed by atoms with Gasteiger partial charge in [-0.3, -0.25) is 9.59 Å². The molecule has 0 radical (unpaired) electrons. The largest absolute Gasteiger partial charge is 0.365 e. The van der Waals surface area contributed by atoms with Gasteiger partial charge >= 0.3 is 0 Å². The van der Waals surface area contributed by atoms with Gasteiger partial charge in [-0.15, -0.1) is 0 Å². The molecule has 2 atom stereocenters. The summed E-state index contributed by atoms with van der Waals surface area (Å²) in [6.07, 6.45) is 3.01. The fourth-order valence-electron chi connectivity index (χ4n) is 6.05. The summed E-state index contributed by atoms with van der Waals surface area (Å²) in [6.45, 7) is 5.43. The highest BCUT2D eigenvalue weighted by Gasteiger charge is 2.30. The molecule has 2 saturated heterocycles. The number of hydrogen-bond donors (Lipinski definition) is 0. The van der Waals surface area contributed by atoms with Crippen LogP contribution in [0.5, 0.6) is 0 Å². The van der Waals surface area contributed by atoms with E-state index in [4.69, 9.17) is 4.74 Å². The Morgan fingerprint density at radius 1 is 0.533 bits per heavy atom. The normalized spacial score (nSPS) is 16.7. The van der Waals surface area contributed by atoms with Crippen molar-refractivity contribution < 1.29 is 14.3 Å². The first-order chi connectivity index (χ1) is 22.1. The number of piperazine rings is 2. The third kappa shape index (κ3) is 7.85. The van der Waals surface area contributed by atoms with Crippen LogP contribution in [0.3, 0.4) is 0 Å². The number of benzene rings is 2. The van der Waals surface area contributed by atoms with Gasteiger partial charge in [0.15, 0.2) is 0 Å². The maximum absolute atomic E-state index is 13.7. The highest BCUT2D eigenvalue weighted by Crippen LogP contribution is 2.33. The number of ether oxygens (including phenoxy) is 1. The van der Waals surface area contributed by atoms with Crippen LogP contribution < -0.4 is 9.80 Å². The first kappa shape index (κ1) is 30.3. The predicted octanol–water partition coefficient (Wildman–Crippen LogP) is 4.75. The van der Waals surface area contributed by atoms with Crippen LogP contribution in [0.4, 0.5) is 11.6 Å². The zero-order valence-electron chi connectivity index (χ0n) is 25.5. The molecule has 4 aromatic rings. The minimum atomic E-state index is -0.494. The molecule has 2 fully saturated rings. The number of aromatic nitrogens is 2. The van der Waals surface area contributed by atoms with Crippen molar-refractivity contribution in [2.75, 3.05) is 62.2 Å². The lowest BCUT2D eigenvalue weighted by molar-refractivity contribution is -0.139. The number of carbonyl (C=O) groups is 2. The van der Waals surface area contributed by atoms with Crippen LogP contribution in [0.25, 0.3) is 0 Å². The molecule has 0 saturated carbocycles. The summed E-state index contributed by atoms with van der Waals surface area (Å²) in [4.78, 5) is 44.6. The van der Waals surface area contributed by atoms with E-state index in [0.717, 1.165) is 48.9 Å². The second kappa shape index (κ2) is 14.8. The van der Waals surface area contributed by atoms with Crippen molar-refractivity contribution in [3.8, 4) is 0 Å². The zero-order valence-corrected chi connectivity index (χ0v) is 25.5. The molecule has 0 spiro atoms. The average Bonchev–Trinajstić information content (AvgIpc) is 3.12. The van der Waals surface area contributed by atoms with Gasteiger partial charge in [0.1, 0.15) is 11.6 Å². The monoisotopic (exact) mass is 604 g/mol. The fraction of sp³-hybridized carbons (Fsp3) is 0.333. The molecule has 9 heteroatoms. The van der Waals surface area contributed by atoms with Gasteiger partial charge in [-0.1, -0.05) is 72.8 Å². The third-order valence-corrected chi connectivity index (χ3v) is 8.60. The van der Waals surface area contributed by atoms with Crippen LogP contribution in [0, 0.1) is 0 Å². The van der Waals surface area contributed by atoms with Gasteiger partial charge in [0.2, 0.25) is 11.8 Å².